The fourth-order valence-corrected chi connectivity index (χ4v) is 13.2. The van der Waals surface area contributed by atoms with Gasteiger partial charge in [-0.1, -0.05) is 122 Å². The summed E-state index contributed by atoms with van der Waals surface area (Å²) in [6, 6.07) is 28.9. The molecule has 0 bridgehead atoms. The van der Waals surface area contributed by atoms with Gasteiger partial charge in [-0.25, -0.2) is 0 Å². The molecule has 9 atom stereocenters. The Labute approximate surface area is 635 Å². The van der Waals surface area contributed by atoms with Gasteiger partial charge in [-0.15, -0.1) is 0 Å². The third kappa shape index (κ3) is 26.5. The van der Waals surface area contributed by atoms with E-state index in [1.54, 1.807) is 18.6 Å². The predicted octanol–water partition coefficient (Wildman–Crippen LogP) is 3.42. The number of primary amides is 1. The maximum Gasteiger partial charge on any atom is 0.300 e. The summed E-state index contributed by atoms with van der Waals surface area (Å²) in [6.45, 7) is 2.67. The molecule has 0 spiro atoms. The summed E-state index contributed by atoms with van der Waals surface area (Å²) in [6.07, 6.45) is 10.4. The van der Waals surface area contributed by atoms with E-state index in [0.29, 0.717) is 118 Å². The van der Waals surface area contributed by atoms with E-state index in [9.17, 15) is 14.4 Å². The standard InChI is InChI=1S/C78H106N18O9.C2H4O2/c79-38-18-13-30-57(84)71(98)90-62(35-15-20-40-81)73(100)93-66(44-52-47-87-59-32-11-8-28-55(52)59)76(103)95-65(43-51-46-86-58-31-10-7-27-54(51)58)75(102)92-63(36-16-21-41-82)72(99)91-64(37-17-22-42-83)74(101)94-67(45-53-48-88-60-33-12-9-29-56(53)60)77(104)96-69(78(105)89-61(70(85)97)34-14-19-39-80)68(49-23-3-1-4-24-49)50-25-5-2-6-26-50;1-2(3)4/h1-12,23-29,31-33,46-48,57,61-69,86-88H,13-22,30,34-45,79-84H2,(H2,85,97)(H,89,105)(H,90,98)(H,91,99)(H,92,102)(H,93,100)(H,94,101)(H,95,103)(H,96,104);1H3,(H,3,4). The largest absolute Gasteiger partial charge is 0.481 e. The highest BCUT2D eigenvalue weighted by molar-refractivity contribution is 6.00. The molecular weight excluding hydrogens is 1390 g/mol. The van der Waals surface area contributed by atoms with Crippen molar-refractivity contribution in [3.63, 3.8) is 0 Å². The highest BCUT2D eigenvalue weighted by Crippen LogP contribution is 2.30. The minimum absolute atomic E-state index is 0.0232. The summed E-state index contributed by atoms with van der Waals surface area (Å²) in [5.74, 6) is -8.28. The third-order valence-electron chi connectivity index (χ3n) is 19.1. The van der Waals surface area contributed by atoms with Crippen molar-refractivity contribution in [3.05, 3.63) is 180 Å². The molecule has 9 unspecified atom stereocenters. The minimum atomic E-state index is -1.43. The summed E-state index contributed by atoms with van der Waals surface area (Å²) in [5.41, 5.74) is 47.2. The van der Waals surface area contributed by atoms with Crippen LogP contribution >= 0.6 is 0 Å². The number of fused-ring (bicyclic) bond motifs is 3. The Hall–Kier alpha value is -10.8. The Morgan fingerprint density at radius 2 is 0.606 bits per heavy atom. The van der Waals surface area contributed by atoms with Crippen LogP contribution in [0.1, 0.15) is 137 Å². The van der Waals surface area contributed by atoms with Gasteiger partial charge in [0.25, 0.3) is 5.97 Å². The Morgan fingerprint density at radius 1 is 0.339 bits per heavy atom. The first-order valence-corrected chi connectivity index (χ1v) is 37.6. The van der Waals surface area contributed by atoms with Crippen LogP contribution in [0.15, 0.2) is 152 Å². The van der Waals surface area contributed by atoms with Crippen molar-refractivity contribution in [1.82, 2.24) is 57.5 Å². The number of aromatic amines is 3. The topological polar surface area (TPSA) is 517 Å². The first kappa shape index (κ1) is 85.4. The number of para-hydroxylation sites is 3. The van der Waals surface area contributed by atoms with Gasteiger partial charge in [-0.05, 0) is 169 Å². The molecule has 0 saturated carbocycles. The maximum atomic E-state index is 15.6. The van der Waals surface area contributed by atoms with Crippen molar-refractivity contribution in [3.8, 4) is 0 Å². The Kier molecular flexibility index (Phi) is 35.3. The number of rotatable bonds is 46. The van der Waals surface area contributed by atoms with E-state index in [-0.39, 0.29) is 58.0 Å². The van der Waals surface area contributed by atoms with Gasteiger partial charge >= 0.3 is 0 Å². The maximum absolute atomic E-state index is 15.6. The zero-order chi connectivity index (χ0) is 78.6. The second-order valence-corrected chi connectivity index (χ2v) is 27.4. The summed E-state index contributed by atoms with van der Waals surface area (Å²) in [5, 5.41) is 33.1. The molecule has 0 saturated heterocycles. The van der Waals surface area contributed by atoms with Gasteiger partial charge in [-0.2, -0.15) is 0 Å². The molecule has 0 aliphatic rings. The van der Waals surface area contributed by atoms with Crippen LogP contribution in [-0.2, 0) is 67.2 Å². The number of carbonyl (C=O) groups is 10. The van der Waals surface area contributed by atoms with E-state index < -0.39 is 119 Å². The lowest BCUT2D eigenvalue weighted by Crippen LogP contribution is -2.61. The number of aromatic nitrogens is 3. The quantitative estimate of drug-likeness (QED) is 0.0243. The lowest BCUT2D eigenvalue weighted by molar-refractivity contribution is -0.136. The number of carbonyl (C=O) groups excluding carboxylic acids is 9. The van der Waals surface area contributed by atoms with E-state index in [4.69, 9.17) is 50.0 Å². The molecule has 26 N–H and O–H groups in total. The van der Waals surface area contributed by atoms with Crippen molar-refractivity contribution in [2.45, 2.75) is 183 Å². The van der Waals surface area contributed by atoms with Crippen molar-refractivity contribution in [2.75, 3.05) is 32.7 Å². The van der Waals surface area contributed by atoms with Gasteiger partial charge in [0.05, 0.1) is 6.04 Å². The molecule has 3 aromatic heterocycles. The molecule has 8 rings (SSSR count). The number of H-pyrrole nitrogens is 3. The van der Waals surface area contributed by atoms with Gasteiger partial charge in [0.2, 0.25) is 53.2 Å². The summed E-state index contributed by atoms with van der Waals surface area (Å²) in [4.78, 5) is 152. The van der Waals surface area contributed by atoms with Crippen LogP contribution in [0.25, 0.3) is 32.7 Å². The predicted molar refractivity (Wildman–Crippen MR) is 421 cm³/mol. The SMILES string of the molecule is CC(=O)O.NCCCCC(N)C(=O)NC(CCCCN)C(=O)NC(Cc1c[nH]c2ccccc12)C(=O)NC(Cc1c[nH]c2ccccc12)C(=O)NC(CCCCN)C(=O)NC(CCCCN)C(=O)NC(Cc1c[nH]c2ccccc12)C(=O)NC(C(=O)NC(CCCCN)C(N)=O)C(c1ccccc1)c1ccccc1. The third-order valence-corrected chi connectivity index (χ3v) is 19.1. The summed E-state index contributed by atoms with van der Waals surface area (Å²) >= 11 is 0. The highest BCUT2D eigenvalue weighted by Gasteiger charge is 2.39. The average molecular weight is 1500 g/mol. The molecular formula is C80H110N18O11. The second kappa shape index (κ2) is 45.1. The number of carboxylic acid groups (broad SMARTS) is 1. The Bertz CT molecular complexity index is 4180. The van der Waals surface area contributed by atoms with E-state index in [2.05, 4.69) is 57.5 Å². The number of hydrogen-bond donors (Lipinski definition) is 19. The van der Waals surface area contributed by atoms with Crippen LogP contribution in [0.3, 0.4) is 0 Å². The molecule has 0 radical (unpaired) electrons. The van der Waals surface area contributed by atoms with Crippen LogP contribution in [0.4, 0.5) is 0 Å². The molecule has 109 heavy (non-hydrogen) atoms. The number of carboxylic acids is 1. The van der Waals surface area contributed by atoms with E-state index in [1.807, 2.05) is 133 Å². The molecule has 0 aliphatic heterocycles. The molecule has 3 heterocycles. The van der Waals surface area contributed by atoms with Gasteiger partial charge in [0.1, 0.15) is 48.3 Å². The van der Waals surface area contributed by atoms with Crippen LogP contribution in [0.2, 0.25) is 0 Å². The molecule has 9 amide bonds. The van der Waals surface area contributed by atoms with Gasteiger partial charge in [0, 0.05) is 83.4 Å². The fraction of sp³-hybridized carbons (Fsp3) is 0.425. The minimum Gasteiger partial charge on any atom is -0.481 e. The van der Waals surface area contributed by atoms with Crippen molar-refractivity contribution < 1.29 is 53.1 Å². The first-order chi connectivity index (χ1) is 52.7. The molecule has 5 aromatic carbocycles. The second-order valence-electron chi connectivity index (χ2n) is 27.4. The lowest BCUT2D eigenvalue weighted by atomic mass is 9.84. The van der Waals surface area contributed by atoms with Crippen LogP contribution < -0.4 is 82.7 Å². The zero-order valence-corrected chi connectivity index (χ0v) is 62.0. The monoisotopic (exact) mass is 1500 g/mol. The van der Waals surface area contributed by atoms with Crippen LogP contribution in [0.5, 0.6) is 0 Å². The van der Waals surface area contributed by atoms with Crippen LogP contribution in [0, 0.1) is 0 Å². The number of unbranched alkanes of at least 4 members (excludes halogenated alkanes) is 5. The lowest BCUT2D eigenvalue weighted by Gasteiger charge is -2.31. The van der Waals surface area contributed by atoms with Crippen molar-refractivity contribution >= 4 is 91.8 Å². The molecule has 29 nitrogen and oxygen atoms in total. The van der Waals surface area contributed by atoms with E-state index in [0.717, 1.165) is 39.6 Å². The number of benzene rings is 5. The van der Waals surface area contributed by atoms with Crippen LogP contribution in [-0.4, -0.2) is 166 Å². The number of amides is 9. The average Bonchev–Trinajstić information content (AvgIpc) is 1.64. The molecule has 0 fully saturated rings. The van der Waals surface area contributed by atoms with Gasteiger partial charge in [0.15, 0.2) is 0 Å². The van der Waals surface area contributed by atoms with Crippen molar-refractivity contribution in [2.24, 2.45) is 40.1 Å². The van der Waals surface area contributed by atoms with E-state index >= 15 is 28.8 Å². The molecule has 29 heteroatoms. The smallest absolute Gasteiger partial charge is 0.300 e. The number of nitrogens with two attached hydrogens (primary N) is 7. The summed E-state index contributed by atoms with van der Waals surface area (Å²) < 4.78 is 0. The first-order valence-electron chi connectivity index (χ1n) is 37.6. The summed E-state index contributed by atoms with van der Waals surface area (Å²) in [7, 11) is 0. The van der Waals surface area contributed by atoms with E-state index in [1.165, 1.54) is 0 Å². The molecule has 0 aliphatic carbocycles. The Balaban J connectivity index is 0.00000403. The Morgan fingerprint density at radius 3 is 0.936 bits per heavy atom. The highest BCUT2D eigenvalue weighted by atomic mass is 16.4. The molecule has 8 aromatic rings. The van der Waals surface area contributed by atoms with Gasteiger partial charge in [-0.3, -0.25) is 47.9 Å². The number of hydrogen-bond acceptors (Lipinski definition) is 16. The zero-order valence-electron chi connectivity index (χ0n) is 62.0. The normalized spacial score (nSPS) is 13.8. The number of aliphatic carboxylic acids is 1. The van der Waals surface area contributed by atoms with Crippen molar-refractivity contribution in [1.29, 1.82) is 0 Å². The van der Waals surface area contributed by atoms with Gasteiger partial charge < -0.3 is 103 Å². The number of nitrogens with one attached hydrogen (secondary N) is 11. The molecule has 586 valence electrons. The fourth-order valence-electron chi connectivity index (χ4n) is 13.2.